The molecule has 0 radical (unpaired) electrons. The first-order valence-corrected chi connectivity index (χ1v) is 8.71. The third-order valence-electron chi connectivity index (χ3n) is 4.99. The molecule has 0 bridgehead atoms. The SMILES string of the molecule is CC(C)CN1CC2(CCN(C(=O)NCc3cccnc3)CC2)C1=O. The van der Waals surface area contributed by atoms with E-state index in [9.17, 15) is 9.59 Å². The lowest BCUT2D eigenvalue weighted by molar-refractivity contribution is -0.165. The standard InChI is InChI=1S/C18H26N4O2/c1-14(2)12-22-13-18(16(22)23)5-8-21(9-6-18)17(24)20-11-15-4-3-7-19-10-15/h3-4,7,10,14H,5-6,8-9,11-13H2,1-2H3,(H,20,24). The normalized spacial score (nSPS) is 19.5. The van der Waals surface area contributed by atoms with Gasteiger partial charge in [0.1, 0.15) is 0 Å². The predicted octanol–water partition coefficient (Wildman–Crippen LogP) is 1.87. The average molecular weight is 330 g/mol. The van der Waals surface area contributed by atoms with Gasteiger partial charge >= 0.3 is 6.03 Å². The maximum absolute atomic E-state index is 12.5. The van der Waals surface area contributed by atoms with Crippen molar-refractivity contribution < 1.29 is 9.59 Å². The first-order chi connectivity index (χ1) is 11.5. The summed E-state index contributed by atoms with van der Waals surface area (Å²) in [6.07, 6.45) is 5.02. The first-order valence-electron chi connectivity index (χ1n) is 8.71. The zero-order valence-electron chi connectivity index (χ0n) is 14.5. The van der Waals surface area contributed by atoms with Gasteiger partial charge < -0.3 is 15.1 Å². The molecule has 24 heavy (non-hydrogen) atoms. The van der Waals surface area contributed by atoms with Crippen LogP contribution in [0, 0.1) is 11.3 Å². The Morgan fingerprint density at radius 1 is 1.38 bits per heavy atom. The number of nitrogens with one attached hydrogen (secondary N) is 1. The summed E-state index contributed by atoms with van der Waals surface area (Å²) in [6, 6.07) is 3.74. The topological polar surface area (TPSA) is 65.5 Å². The van der Waals surface area contributed by atoms with Gasteiger partial charge in [-0.2, -0.15) is 0 Å². The van der Waals surface area contributed by atoms with E-state index in [2.05, 4.69) is 24.1 Å². The number of nitrogens with zero attached hydrogens (tertiary/aromatic N) is 3. The number of piperidine rings is 1. The van der Waals surface area contributed by atoms with Crippen LogP contribution in [0.25, 0.3) is 0 Å². The molecule has 2 aliphatic heterocycles. The Morgan fingerprint density at radius 3 is 2.71 bits per heavy atom. The molecule has 6 nitrogen and oxygen atoms in total. The zero-order chi connectivity index (χ0) is 17.2. The molecule has 2 saturated heterocycles. The smallest absolute Gasteiger partial charge is 0.317 e. The Bertz CT molecular complexity index is 594. The van der Waals surface area contributed by atoms with Crippen LogP contribution < -0.4 is 5.32 Å². The zero-order valence-corrected chi connectivity index (χ0v) is 14.5. The molecule has 0 unspecified atom stereocenters. The molecule has 0 aromatic carbocycles. The van der Waals surface area contributed by atoms with Crippen molar-refractivity contribution in [2.75, 3.05) is 26.2 Å². The van der Waals surface area contributed by atoms with Gasteiger partial charge in [0.25, 0.3) is 0 Å². The molecule has 6 heteroatoms. The second-order valence-corrected chi connectivity index (χ2v) is 7.37. The van der Waals surface area contributed by atoms with E-state index in [1.54, 1.807) is 12.4 Å². The molecule has 3 amide bonds. The van der Waals surface area contributed by atoms with E-state index in [0.717, 1.165) is 31.5 Å². The second kappa shape index (κ2) is 6.79. The Labute approximate surface area is 143 Å². The lowest BCUT2D eigenvalue weighted by Crippen LogP contribution is -2.65. The van der Waals surface area contributed by atoms with Crippen LogP contribution in [0.5, 0.6) is 0 Å². The number of hydrogen-bond acceptors (Lipinski definition) is 3. The van der Waals surface area contributed by atoms with Crippen LogP contribution in [0.2, 0.25) is 0 Å². The summed E-state index contributed by atoms with van der Waals surface area (Å²) < 4.78 is 0. The van der Waals surface area contributed by atoms with Gasteiger partial charge in [0.15, 0.2) is 0 Å². The monoisotopic (exact) mass is 330 g/mol. The summed E-state index contributed by atoms with van der Waals surface area (Å²) in [6.45, 7) is 7.75. The number of likely N-dealkylation sites (tertiary alicyclic amines) is 2. The molecule has 3 heterocycles. The van der Waals surface area contributed by atoms with E-state index in [0.29, 0.717) is 25.6 Å². The summed E-state index contributed by atoms with van der Waals surface area (Å²) >= 11 is 0. The van der Waals surface area contributed by atoms with Gasteiger partial charge in [-0.15, -0.1) is 0 Å². The second-order valence-electron chi connectivity index (χ2n) is 7.37. The van der Waals surface area contributed by atoms with Crippen LogP contribution in [0.15, 0.2) is 24.5 Å². The minimum atomic E-state index is -0.199. The van der Waals surface area contributed by atoms with Gasteiger partial charge in [-0.25, -0.2) is 4.79 Å². The lowest BCUT2D eigenvalue weighted by Gasteiger charge is -2.53. The quantitative estimate of drug-likeness (QED) is 0.857. The summed E-state index contributed by atoms with van der Waals surface area (Å²) in [7, 11) is 0. The summed E-state index contributed by atoms with van der Waals surface area (Å²) in [5, 5.41) is 2.93. The number of urea groups is 1. The van der Waals surface area contributed by atoms with E-state index in [-0.39, 0.29) is 17.4 Å². The molecule has 130 valence electrons. The van der Waals surface area contributed by atoms with Crippen molar-refractivity contribution in [3.05, 3.63) is 30.1 Å². The van der Waals surface area contributed by atoms with Crippen molar-refractivity contribution in [2.45, 2.75) is 33.2 Å². The fraction of sp³-hybridized carbons (Fsp3) is 0.611. The maximum atomic E-state index is 12.5. The van der Waals surface area contributed by atoms with Crippen molar-refractivity contribution in [3.63, 3.8) is 0 Å². The predicted molar refractivity (Wildman–Crippen MR) is 91.1 cm³/mol. The number of rotatable bonds is 4. The molecule has 2 fully saturated rings. The molecule has 1 spiro atoms. The molecule has 3 rings (SSSR count). The van der Waals surface area contributed by atoms with E-state index in [1.165, 1.54) is 0 Å². The Morgan fingerprint density at radius 2 is 2.12 bits per heavy atom. The number of carbonyl (C=O) groups is 2. The summed E-state index contributed by atoms with van der Waals surface area (Å²) in [4.78, 5) is 32.6. The maximum Gasteiger partial charge on any atom is 0.317 e. The fourth-order valence-electron chi connectivity index (χ4n) is 3.64. The highest BCUT2D eigenvalue weighted by atomic mass is 16.2. The van der Waals surface area contributed by atoms with Crippen LogP contribution in [0.1, 0.15) is 32.3 Å². The van der Waals surface area contributed by atoms with Gasteiger partial charge in [-0.3, -0.25) is 9.78 Å². The largest absolute Gasteiger partial charge is 0.341 e. The molecule has 1 N–H and O–H groups in total. The fourth-order valence-corrected chi connectivity index (χ4v) is 3.64. The molecular formula is C18H26N4O2. The number of aromatic nitrogens is 1. The highest BCUT2D eigenvalue weighted by Crippen LogP contribution is 2.41. The highest BCUT2D eigenvalue weighted by Gasteiger charge is 2.53. The minimum absolute atomic E-state index is 0.0560. The van der Waals surface area contributed by atoms with Crippen molar-refractivity contribution in [3.8, 4) is 0 Å². The van der Waals surface area contributed by atoms with Gasteiger partial charge in [0.05, 0.1) is 5.41 Å². The number of carbonyl (C=O) groups excluding carboxylic acids is 2. The first kappa shape index (κ1) is 16.7. The lowest BCUT2D eigenvalue weighted by atomic mass is 9.71. The van der Waals surface area contributed by atoms with Crippen LogP contribution in [-0.2, 0) is 11.3 Å². The Hall–Kier alpha value is -2.11. The van der Waals surface area contributed by atoms with Crippen molar-refractivity contribution in [2.24, 2.45) is 11.3 Å². The van der Waals surface area contributed by atoms with E-state index >= 15 is 0 Å². The molecule has 0 aliphatic carbocycles. The molecule has 0 atom stereocenters. The molecule has 1 aromatic heterocycles. The van der Waals surface area contributed by atoms with Crippen LogP contribution in [0.3, 0.4) is 0 Å². The van der Waals surface area contributed by atoms with Crippen LogP contribution in [0.4, 0.5) is 4.79 Å². The van der Waals surface area contributed by atoms with Crippen LogP contribution in [-0.4, -0.2) is 52.9 Å². The van der Waals surface area contributed by atoms with E-state index < -0.39 is 0 Å². The van der Waals surface area contributed by atoms with Crippen molar-refractivity contribution in [1.29, 1.82) is 0 Å². The number of hydrogen-bond donors (Lipinski definition) is 1. The van der Waals surface area contributed by atoms with Gasteiger partial charge in [-0.05, 0) is 30.4 Å². The van der Waals surface area contributed by atoms with Gasteiger partial charge in [0, 0.05) is 45.1 Å². The number of β-lactam (4-membered cyclic amide) rings is 1. The molecule has 2 aliphatic rings. The Balaban J connectivity index is 1.45. The van der Waals surface area contributed by atoms with Gasteiger partial charge in [0.2, 0.25) is 5.91 Å². The molecule has 0 saturated carbocycles. The summed E-state index contributed by atoms with van der Waals surface area (Å²) in [5.74, 6) is 0.788. The average Bonchev–Trinajstić information content (AvgIpc) is 2.60. The summed E-state index contributed by atoms with van der Waals surface area (Å²) in [5.41, 5.74) is 0.785. The third-order valence-corrected chi connectivity index (χ3v) is 4.99. The minimum Gasteiger partial charge on any atom is -0.341 e. The van der Waals surface area contributed by atoms with Crippen molar-refractivity contribution >= 4 is 11.9 Å². The molecular weight excluding hydrogens is 304 g/mol. The van der Waals surface area contributed by atoms with Crippen molar-refractivity contribution in [1.82, 2.24) is 20.1 Å². The third kappa shape index (κ3) is 3.37. The number of pyridine rings is 1. The van der Waals surface area contributed by atoms with Crippen LogP contribution >= 0.6 is 0 Å². The highest BCUT2D eigenvalue weighted by molar-refractivity contribution is 5.89. The van der Waals surface area contributed by atoms with E-state index in [1.807, 2.05) is 21.9 Å². The Kier molecular flexibility index (Phi) is 4.73. The molecule has 1 aromatic rings. The van der Waals surface area contributed by atoms with Gasteiger partial charge in [-0.1, -0.05) is 19.9 Å². The van der Waals surface area contributed by atoms with E-state index in [4.69, 9.17) is 0 Å². The number of amides is 3.